The Bertz CT molecular complexity index is 340. The molecular formula is C12H13IO. The first-order valence-electron chi connectivity index (χ1n) is 4.90. The molecule has 0 saturated heterocycles. The summed E-state index contributed by atoms with van der Waals surface area (Å²) in [5.74, 6) is 0. The fourth-order valence-corrected chi connectivity index (χ4v) is 2.16. The number of hydrogen-bond acceptors (Lipinski definition) is 1. The van der Waals surface area contributed by atoms with E-state index in [0.29, 0.717) is 0 Å². The van der Waals surface area contributed by atoms with Gasteiger partial charge in [-0.25, -0.2) is 0 Å². The van der Waals surface area contributed by atoms with E-state index >= 15 is 0 Å². The van der Waals surface area contributed by atoms with Gasteiger partial charge in [-0.3, -0.25) is 0 Å². The molecule has 1 aliphatic rings. The molecule has 2 rings (SSSR count). The number of allylic oxidation sites excluding steroid dienone is 1. The molecule has 1 unspecified atom stereocenters. The van der Waals surface area contributed by atoms with Gasteiger partial charge in [0.1, 0.15) is 0 Å². The zero-order valence-corrected chi connectivity index (χ0v) is 10.1. The number of benzene rings is 1. The Morgan fingerprint density at radius 3 is 2.57 bits per heavy atom. The molecule has 0 aromatic heterocycles. The van der Waals surface area contributed by atoms with Gasteiger partial charge in [-0.15, -0.1) is 0 Å². The second-order valence-corrected chi connectivity index (χ2v) is 4.90. The highest BCUT2D eigenvalue weighted by atomic mass is 127. The first-order valence-corrected chi connectivity index (χ1v) is 5.98. The van der Waals surface area contributed by atoms with Crippen LogP contribution < -0.4 is 0 Å². The van der Waals surface area contributed by atoms with E-state index in [0.717, 1.165) is 19.3 Å². The molecule has 1 atom stereocenters. The molecule has 0 spiro atoms. The smallest absolute Gasteiger partial charge is 0.0726 e. The first kappa shape index (κ1) is 10.2. The molecule has 0 radical (unpaired) electrons. The van der Waals surface area contributed by atoms with E-state index in [2.05, 4.69) is 46.9 Å². The summed E-state index contributed by atoms with van der Waals surface area (Å²) in [6.07, 6.45) is 4.86. The van der Waals surface area contributed by atoms with Crippen LogP contribution in [-0.4, -0.2) is 11.2 Å². The minimum atomic E-state index is -0.238. The van der Waals surface area contributed by atoms with Crippen molar-refractivity contribution in [2.45, 2.75) is 25.4 Å². The van der Waals surface area contributed by atoms with Crippen LogP contribution in [0.2, 0.25) is 0 Å². The van der Waals surface area contributed by atoms with Crippen LogP contribution >= 0.6 is 22.6 Å². The molecular weight excluding hydrogens is 287 g/mol. The monoisotopic (exact) mass is 300 g/mol. The van der Waals surface area contributed by atoms with Crippen LogP contribution in [0, 0.1) is 3.57 Å². The van der Waals surface area contributed by atoms with Crippen LogP contribution in [0.5, 0.6) is 0 Å². The van der Waals surface area contributed by atoms with E-state index in [4.69, 9.17) is 0 Å². The number of aliphatic hydroxyl groups excluding tert-OH is 1. The lowest BCUT2D eigenvalue weighted by Gasteiger charge is -2.17. The summed E-state index contributed by atoms with van der Waals surface area (Å²) in [4.78, 5) is 0. The molecule has 0 saturated carbocycles. The van der Waals surface area contributed by atoms with Gasteiger partial charge in [-0.2, -0.15) is 0 Å². The van der Waals surface area contributed by atoms with E-state index < -0.39 is 0 Å². The summed E-state index contributed by atoms with van der Waals surface area (Å²) in [6, 6.07) is 8.48. The van der Waals surface area contributed by atoms with Crippen molar-refractivity contribution in [3.8, 4) is 0 Å². The quantitative estimate of drug-likeness (QED) is 0.790. The summed E-state index contributed by atoms with van der Waals surface area (Å²) in [5.41, 5.74) is 2.55. The predicted octanol–water partition coefficient (Wildman–Crippen LogP) is 3.22. The van der Waals surface area contributed by atoms with Crippen molar-refractivity contribution in [3.05, 3.63) is 39.5 Å². The zero-order chi connectivity index (χ0) is 9.97. The lowest BCUT2D eigenvalue weighted by molar-refractivity contribution is 0.206. The molecule has 0 bridgehead atoms. The fraction of sp³-hybridized carbons (Fsp3) is 0.333. The Kier molecular flexibility index (Phi) is 3.23. The maximum atomic E-state index is 9.52. The van der Waals surface area contributed by atoms with Gasteiger partial charge in [0, 0.05) is 3.57 Å². The van der Waals surface area contributed by atoms with Crippen LogP contribution in [0.3, 0.4) is 0 Å². The van der Waals surface area contributed by atoms with E-state index in [1.54, 1.807) is 0 Å². The lowest BCUT2D eigenvalue weighted by atomic mass is 9.92. The van der Waals surface area contributed by atoms with E-state index in [9.17, 15) is 5.11 Å². The van der Waals surface area contributed by atoms with Crippen molar-refractivity contribution >= 4 is 28.2 Å². The van der Waals surface area contributed by atoms with Gasteiger partial charge in [0.25, 0.3) is 0 Å². The Hall–Kier alpha value is -0.350. The van der Waals surface area contributed by atoms with Crippen LogP contribution in [0.15, 0.2) is 30.3 Å². The number of aliphatic hydroxyl groups is 1. The summed E-state index contributed by atoms with van der Waals surface area (Å²) in [6.45, 7) is 0. The normalized spacial score (nSPS) is 21.9. The van der Waals surface area contributed by atoms with Crippen LogP contribution in [0.4, 0.5) is 0 Å². The molecule has 1 N–H and O–H groups in total. The molecule has 1 nitrogen and oxygen atoms in total. The van der Waals surface area contributed by atoms with Gasteiger partial charge in [-0.1, -0.05) is 18.2 Å². The molecule has 14 heavy (non-hydrogen) atoms. The largest absolute Gasteiger partial charge is 0.389 e. The summed E-state index contributed by atoms with van der Waals surface area (Å²) >= 11 is 2.30. The molecule has 0 aliphatic heterocycles. The predicted molar refractivity (Wildman–Crippen MR) is 67.0 cm³/mol. The SMILES string of the molecule is OC1C=C(c2ccc(I)cc2)CCC1. The van der Waals surface area contributed by atoms with Crippen molar-refractivity contribution in [1.29, 1.82) is 0 Å². The summed E-state index contributed by atoms with van der Waals surface area (Å²) in [5, 5.41) is 9.52. The average Bonchev–Trinajstić information content (AvgIpc) is 2.19. The van der Waals surface area contributed by atoms with E-state index in [1.807, 2.05) is 6.08 Å². The standard InChI is InChI=1S/C12H13IO/c13-11-6-4-9(5-7-11)10-2-1-3-12(14)8-10/h4-8,12,14H,1-3H2. The highest BCUT2D eigenvalue weighted by Crippen LogP contribution is 2.27. The highest BCUT2D eigenvalue weighted by molar-refractivity contribution is 14.1. The van der Waals surface area contributed by atoms with E-state index in [-0.39, 0.29) is 6.10 Å². The molecule has 0 heterocycles. The Morgan fingerprint density at radius 2 is 1.93 bits per heavy atom. The van der Waals surface area contributed by atoms with Crippen molar-refractivity contribution in [1.82, 2.24) is 0 Å². The molecule has 1 aromatic carbocycles. The minimum absolute atomic E-state index is 0.238. The van der Waals surface area contributed by atoms with Gasteiger partial charge in [0.2, 0.25) is 0 Å². The third-order valence-electron chi connectivity index (χ3n) is 2.55. The minimum Gasteiger partial charge on any atom is -0.389 e. The highest BCUT2D eigenvalue weighted by Gasteiger charge is 2.11. The summed E-state index contributed by atoms with van der Waals surface area (Å²) in [7, 11) is 0. The Morgan fingerprint density at radius 1 is 1.21 bits per heavy atom. The third-order valence-corrected chi connectivity index (χ3v) is 3.27. The van der Waals surface area contributed by atoms with Gasteiger partial charge in [0.15, 0.2) is 0 Å². The lowest BCUT2D eigenvalue weighted by Crippen LogP contribution is -2.08. The fourth-order valence-electron chi connectivity index (χ4n) is 1.81. The van der Waals surface area contributed by atoms with Gasteiger partial charge in [0.05, 0.1) is 6.10 Å². The number of halogens is 1. The van der Waals surface area contributed by atoms with Crippen LogP contribution in [0.1, 0.15) is 24.8 Å². The number of rotatable bonds is 1. The second kappa shape index (κ2) is 4.45. The zero-order valence-electron chi connectivity index (χ0n) is 7.91. The van der Waals surface area contributed by atoms with Gasteiger partial charge < -0.3 is 5.11 Å². The Labute approximate surface area is 98.0 Å². The van der Waals surface area contributed by atoms with Crippen molar-refractivity contribution in [2.75, 3.05) is 0 Å². The third kappa shape index (κ3) is 2.36. The molecule has 74 valence electrons. The molecule has 0 amide bonds. The van der Waals surface area contributed by atoms with Crippen molar-refractivity contribution < 1.29 is 5.11 Å². The Balaban J connectivity index is 2.26. The summed E-state index contributed by atoms with van der Waals surface area (Å²) < 4.78 is 1.25. The second-order valence-electron chi connectivity index (χ2n) is 3.66. The average molecular weight is 300 g/mol. The van der Waals surface area contributed by atoms with Gasteiger partial charge in [-0.05, 0) is 65.1 Å². The maximum absolute atomic E-state index is 9.52. The van der Waals surface area contributed by atoms with Crippen LogP contribution in [-0.2, 0) is 0 Å². The topological polar surface area (TPSA) is 20.2 Å². The molecule has 0 fully saturated rings. The molecule has 2 heteroatoms. The van der Waals surface area contributed by atoms with Crippen LogP contribution in [0.25, 0.3) is 5.57 Å². The van der Waals surface area contributed by atoms with Crippen molar-refractivity contribution in [3.63, 3.8) is 0 Å². The molecule has 1 aliphatic carbocycles. The van der Waals surface area contributed by atoms with E-state index in [1.165, 1.54) is 14.7 Å². The van der Waals surface area contributed by atoms with Gasteiger partial charge >= 0.3 is 0 Å². The first-order chi connectivity index (χ1) is 6.75. The molecule has 1 aromatic rings. The van der Waals surface area contributed by atoms with Crippen molar-refractivity contribution in [2.24, 2.45) is 0 Å². The number of hydrogen-bond donors (Lipinski definition) is 1. The maximum Gasteiger partial charge on any atom is 0.0726 e.